The number of rotatable bonds is 0. The Morgan fingerprint density at radius 1 is 0.933 bits per heavy atom. The number of benzene rings is 2. The minimum absolute atomic E-state index is 0.977. The summed E-state index contributed by atoms with van der Waals surface area (Å²) in [5, 5.41) is 0. The highest BCUT2D eigenvalue weighted by Crippen LogP contribution is 2.37. The van der Waals surface area contributed by atoms with Crippen LogP contribution in [0.4, 0.5) is 0 Å². The number of para-hydroxylation sites is 1. The molecule has 0 N–H and O–H groups in total. The van der Waals surface area contributed by atoms with Gasteiger partial charge in [-0.1, -0.05) is 24.3 Å². The molecule has 1 aliphatic heterocycles. The van der Waals surface area contributed by atoms with Gasteiger partial charge in [-0.05, 0) is 46.4 Å². The summed E-state index contributed by atoms with van der Waals surface area (Å²) in [5.41, 5.74) is 2.57. The van der Waals surface area contributed by atoms with E-state index in [1.807, 2.05) is 24.3 Å². The number of hydrogen-bond acceptors (Lipinski definition) is 1. The van der Waals surface area contributed by atoms with Crippen LogP contribution in [0.5, 0.6) is 11.5 Å². The van der Waals surface area contributed by atoms with E-state index >= 15 is 0 Å². The van der Waals surface area contributed by atoms with Crippen molar-refractivity contribution in [2.75, 3.05) is 0 Å². The smallest absolute Gasteiger partial charge is 0.132 e. The van der Waals surface area contributed by atoms with Gasteiger partial charge in [-0.25, -0.2) is 0 Å². The summed E-state index contributed by atoms with van der Waals surface area (Å²) in [6, 6.07) is 14.4. The molecule has 0 spiro atoms. The highest BCUT2D eigenvalue weighted by molar-refractivity contribution is 14.1. The standard InChI is InChI=1S/C13H9IO/c14-11-5-3-7-13-10(11)8-9-4-1-2-6-12(9)15-13/h1-7H,8H2. The van der Waals surface area contributed by atoms with Crippen molar-refractivity contribution in [2.45, 2.75) is 6.42 Å². The molecule has 0 bridgehead atoms. The quantitative estimate of drug-likeness (QED) is 0.571. The molecule has 0 unspecified atom stereocenters. The van der Waals surface area contributed by atoms with Crippen LogP contribution in [0.2, 0.25) is 0 Å². The molecule has 1 heterocycles. The molecule has 0 fully saturated rings. The third-order valence-electron chi connectivity index (χ3n) is 2.64. The van der Waals surface area contributed by atoms with E-state index in [2.05, 4.69) is 40.8 Å². The molecule has 0 saturated heterocycles. The molecule has 0 atom stereocenters. The fourth-order valence-electron chi connectivity index (χ4n) is 1.86. The third kappa shape index (κ3) is 1.53. The molecule has 0 saturated carbocycles. The fraction of sp³-hybridized carbons (Fsp3) is 0.0769. The van der Waals surface area contributed by atoms with Crippen molar-refractivity contribution in [3.63, 3.8) is 0 Å². The summed E-state index contributed by atoms with van der Waals surface area (Å²) in [6.07, 6.45) is 0.977. The van der Waals surface area contributed by atoms with E-state index in [1.165, 1.54) is 14.7 Å². The average molecular weight is 308 g/mol. The van der Waals surface area contributed by atoms with Crippen molar-refractivity contribution in [3.8, 4) is 11.5 Å². The summed E-state index contributed by atoms with van der Waals surface area (Å²) >= 11 is 2.36. The first kappa shape index (κ1) is 9.21. The van der Waals surface area contributed by atoms with Crippen molar-refractivity contribution < 1.29 is 4.74 Å². The predicted octanol–water partition coefficient (Wildman–Crippen LogP) is 3.99. The van der Waals surface area contributed by atoms with Gasteiger partial charge in [0.1, 0.15) is 11.5 Å². The number of halogens is 1. The van der Waals surface area contributed by atoms with Crippen LogP contribution in [-0.2, 0) is 6.42 Å². The molecule has 15 heavy (non-hydrogen) atoms. The Kier molecular flexibility index (Phi) is 2.16. The number of fused-ring (bicyclic) bond motifs is 2. The van der Waals surface area contributed by atoms with Gasteiger partial charge in [-0.3, -0.25) is 0 Å². The third-order valence-corrected chi connectivity index (χ3v) is 3.65. The second-order valence-corrected chi connectivity index (χ2v) is 4.77. The van der Waals surface area contributed by atoms with E-state index in [1.54, 1.807) is 0 Å². The van der Waals surface area contributed by atoms with Crippen LogP contribution in [0.15, 0.2) is 42.5 Å². The van der Waals surface area contributed by atoms with E-state index in [0.717, 1.165) is 17.9 Å². The topological polar surface area (TPSA) is 9.23 Å². The fourth-order valence-corrected chi connectivity index (χ4v) is 2.53. The first-order valence-corrected chi connectivity index (χ1v) is 5.95. The molecular formula is C13H9IO. The first-order chi connectivity index (χ1) is 7.34. The van der Waals surface area contributed by atoms with Crippen LogP contribution < -0.4 is 4.74 Å². The van der Waals surface area contributed by atoms with Gasteiger partial charge >= 0.3 is 0 Å². The monoisotopic (exact) mass is 308 g/mol. The SMILES string of the molecule is Ic1cccc2c1Cc1ccccc1O2. The predicted molar refractivity (Wildman–Crippen MR) is 68.5 cm³/mol. The van der Waals surface area contributed by atoms with Crippen LogP contribution in [0.25, 0.3) is 0 Å². The van der Waals surface area contributed by atoms with E-state index in [-0.39, 0.29) is 0 Å². The Morgan fingerprint density at radius 3 is 2.67 bits per heavy atom. The summed E-state index contributed by atoms with van der Waals surface area (Å²) in [5.74, 6) is 1.99. The maximum atomic E-state index is 5.85. The molecule has 0 amide bonds. The van der Waals surface area contributed by atoms with Crippen LogP contribution in [0.1, 0.15) is 11.1 Å². The van der Waals surface area contributed by atoms with Crippen molar-refractivity contribution >= 4 is 22.6 Å². The Hall–Kier alpha value is -1.03. The van der Waals surface area contributed by atoms with Crippen LogP contribution in [0, 0.1) is 3.57 Å². The molecule has 0 aliphatic carbocycles. The maximum Gasteiger partial charge on any atom is 0.132 e. The molecule has 0 aromatic heterocycles. The zero-order chi connectivity index (χ0) is 10.3. The van der Waals surface area contributed by atoms with Gasteiger partial charge < -0.3 is 4.74 Å². The average Bonchev–Trinajstić information content (AvgIpc) is 2.27. The van der Waals surface area contributed by atoms with Gasteiger partial charge in [0, 0.05) is 15.6 Å². The Balaban J connectivity index is 2.15. The lowest BCUT2D eigenvalue weighted by atomic mass is 10.0. The summed E-state index contributed by atoms with van der Waals surface area (Å²) in [7, 11) is 0. The molecule has 2 aromatic carbocycles. The van der Waals surface area contributed by atoms with Crippen molar-refractivity contribution in [3.05, 3.63) is 57.2 Å². The minimum atomic E-state index is 0.977. The summed E-state index contributed by atoms with van der Waals surface area (Å²) < 4.78 is 7.13. The lowest BCUT2D eigenvalue weighted by Gasteiger charge is -2.20. The molecule has 1 aliphatic rings. The van der Waals surface area contributed by atoms with E-state index < -0.39 is 0 Å². The van der Waals surface area contributed by atoms with Crippen LogP contribution in [-0.4, -0.2) is 0 Å². The number of hydrogen-bond donors (Lipinski definition) is 0. The van der Waals surface area contributed by atoms with E-state index in [4.69, 9.17) is 4.74 Å². The van der Waals surface area contributed by atoms with Gasteiger partial charge in [0.05, 0.1) is 0 Å². The van der Waals surface area contributed by atoms with E-state index in [9.17, 15) is 0 Å². The number of ether oxygens (including phenoxy) is 1. The zero-order valence-electron chi connectivity index (χ0n) is 8.03. The van der Waals surface area contributed by atoms with E-state index in [0.29, 0.717) is 0 Å². The Morgan fingerprint density at radius 2 is 1.73 bits per heavy atom. The second kappa shape index (κ2) is 3.52. The lowest BCUT2D eigenvalue weighted by Crippen LogP contribution is -2.04. The molecular weight excluding hydrogens is 299 g/mol. The van der Waals surface area contributed by atoms with Gasteiger partial charge in [-0.2, -0.15) is 0 Å². The molecule has 2 heteroatoms. The molecule has 3 rings (SSSR count). The molecule has 2 aromatic rings. The zero-order valence-corrected chi connectivity index (χ0v) is 10.2. The maximum absolute atomic E-state index is 5.85. The van der Waals surface area contributed by atoms with Gasteiger partial charge in [0.2, 0.25) is 0 Å². The normalized spacial score (nSPS) is 12.6. The molecule has 0 radical (unpaired) electrons. The summed E-state index contributed by atoms with van der Waals surface area (Å²) in [4.78, 5) is 0. The lowest BCUT2D eigenvalue weighted by molar-refractivity contribution is 0.459. The van der Waals surface area contributed by atoms with Crippen LogP contribution >= 0.6 is 22.6 Å². The van der Waals surface area contributed by atoms with Gasteiger partial charge in [-0.15, -0.1) is 0 Å². The Bertz CT molecular complexity index is 520. The van der Waals surface area contributed by atoms with Gasteiger partial charge in [0.15, 0.2) is 0 Å². The first-order valence-electron chi connectivity index (χ1n) is 4.88. The molecule has 74 valence electrons. The minimum Gasteiger partial charge on any atom is -0.457 e. The molecule has 1 nitrogen and oxygen atoms in total. The Labute approximate surface area is 102 Å². The largest absolute Gasteiger partial charge is 0.457 e. The highest BCUT2D eigenvalue weighted by atomic mass is 127. The second-order valence-electron chi connectivity index (χ2n) is 3.60. The summed E-state index contributed by atoms with van der Waals surface area (Å²) in [6.45, 7) is 0. The van der Waals surface area contributed by atoms with Crippen molar-refractivity contribution in [1.29, 1.82) is 0 Å². The highest BCUT2D eigenvalue weighted by Gasteiger charge is 2.17. The van der Waals surface area contributed by atoms with Gasteiger partial charge in [0.25, 0.3) is 0 Å². The van der Waals surface area contributed by atoms with Crippen LogP contribution in [0.3, 0.4) is 0 Å². The van der Waals surface area contributed by atoms with Crippen molar-refractivity contribution in [2.24, 2.45) is 0 Å². The van der Waals surface area contributed by atoms with Crippen molar-refractivity contribution in [1.82, 2.24) is 0 Å².